The van der Waals surface area contributed by atoms with Crippen molar-refractivity contribution in [3.63, 3.8) is 0 Å². The molecule has 3 rings (SSSR count). The van der Waals surface area contributed by atoms with Gasteiger partial charge in [0.25, 0.3) is 0 Å². The molecule has 1 saturated heterocycles. The van der Waals surface area contributed by atoms with Crippen LogP contribution in [0.2, 0.25) is 10.0 Å². The molecule has 0 bridgehead atoms. The fourth-order valence-corrected chi connectivity index (χ4v) is 4.38. The average Bonchev–Trinajstić information content (AvgIpc) is 2.74. The first-order valence-corrected chi connectivity index (χ1v) is 9.19. The van der Waals surface area contributed by atoms with Gasteiger partial charge in [-0.15, -0.1) is 0 Å². The van der Waals surface area contributed by atoms with Crippen molar-refractivity contribution >= 4 is 40.6 Å². The monoisotopic (exact) mass is 390 g/mol. The summed E-state index contributed by atoms with van der Waals surface area (Å²) in [7, 11) is 0. The lowest BCUT2D eigenvalue weighted by Gasteiger charge is -2.39. The van der Waals surface area contributed by atoms with Crippen LogP contribution in [-0.2, 0) is 15.0 Å². The summed E-state index contributed by atoms with van der Waals surface area (Å²) in [5.41, 5.74) is 7.33. The van der Waals surface area contributed by atoms with Crippen LogP contribution >= 0.6 is 23.2 Å². The molecular formula is C20H20Cl2N2O2. The number of rotatable bonds is 3. The van der Waals surface area contributed by atoms with Crippen LogP contribution in [0.5, 0.6) is 0 Å². The number of Topliss-reactive ketones (excluding diaryl/α,β-unsaturated/α-hetero) is 1. The highest BCUT2D eigenvalue weighted by Gasteiger charge is 2.48. The number of nitrogen functional groups attached to an aromatic ring is 1. The molecule has 1 aliphatic heterocycles. The van der Waals surface area contributed by atoms with Crippen molar-refractivity contribution in [2.75, 3.05) is 12.3 Å². The highest BCUT2D eigenvalue weighted by Crippen LogP contribution is 2.48. The van der Waals surface area contributed by atoms with Gasteiger partial charge in [0.2, 0.25) is 5.91 Å². The number of amides is 1. The van der Waals surface area contributed by atoms with Gasteiger partial charge in [-0.1, -0.05) is 41.4 Å². The number of benzene rings is 2. The van der Waals surface area contributed by atoms with Gasteiger partial charge in [0.05, 0.1) is 5.41 Å². The second kappa shape index (κ2) is 7.29. The first-order chi connectivity index (χ1) is 12.3. The maximum atomic E-state index is 13.0. The second-order valence-electron chi connectivity index (χ2n) is 6.67. The van der Waals surface area contributed by atoms with Gasteiger partial charge in [0, 0.05) is 34.6 Å². The Morgan fingerprint density at radius 3 is 2.58 bits per heavy atom. The highest BCUT2D eigenvalue weighted by atomic mass is 35.5. The smallest absolute Gasteiger partial charge is 0.220 e. The average molecular weight is 391 g/mol. The topological polar surface area (TPSA) is 72.2 Å². The second-order valence-corrected chi connectivity index (χ2v) is 7.54. The molecule has 2 aromatic carbocycles. The van der Waals surface area contributed by atoms with Crippen LogP contribution in [0, 0.1) is 0 Å². The summed E-state index contributed by atoms with van der Waals surface area (Å²) in [6.45, 7) is 1.96. The summed E-state index contributed by atoms with van der Waals surface area (Å²) in [5.74, 6) is -0.497. The quantitative estimate of drug-likeness (QED) is 0.774. The highest BCUT2D eigenvalue weighted by molar-refractivity contribution is 6.31. The Kier molecular flexibility index (Phi) is 5.26. The standard InChI is InChI=1S/C20H20Cl2N2O2/c1-12(25)20(16-6-5-15(22)10-18(16)23)7-8-24-19(26)11-17(20)13-3-2-4-14(21)9-13/h2-6,9-10,17H,7-8,11,23H2,1H3,(H,24,26)/t17-,20-/m0/s1. The third kappa shape index (κ3) is 3.31. The lowest BCUT2D eigenvalue weighted by molar-refractivity contribution is -0.124. The summed E-state index contributed by atoms with van der Waals surface area (Å²) in [6, 6.07) is 12.5. The number of ketones is 1. The molecule has 0 spiro atoms. The number of nitrogens with two attached hydrogens (primary N) is 1. The van der Waals surface area contributed by atoms with E-state index < -0.39 is 5.41 Å². The first kappa shape index (κ1) is 18.7. The largest absolute Gasteiger partial charge is 0.398 e. The fourth-order valence-electron chi connectivity index (χ4n) is 4.00. The van der Waals surface area contributed by atoms with Crippen molar-refractivity contribution in [3.05, 3.63) is 63.6 Å². The van der Waals surface area contributed by atoms with E-state index in [9.17, 15) is 9.59 Å². The molecule has 2 aromatic rings. The van der Waals surface area contributed by atoms with Crippen LogP contribution < -0.4 is 11.1 Å². The predicted octanol–water partition coefficient (Wildman–Crippen LogP) is 4.10. The third-order valence-corrected chi connectivity index (χ3v) is 5.67. The molecule has 3 N–H and O–H groups in total. The minimum absolute atomic E-state index is 0.0343. The number of carbonyl (C=O) groups is 2. The fraction of sp³-hybridized carbons (Fsp3) is 0.300. The maximum Gasteiger partial charge on any atom is 0.220 e. The first-order valence-electron chi connectivity index (χ1n) is 8.43. The zero-order valence-electron chi connectivity index (χ0n) is 14.4. The van der Waals surface area contributed by atoms with Crippen LogP contribution in [0.15, 0.2) is 42.5 Å². The number of carbonyl (C=O) groups excluding carboxylic acids is 2. The van der Waals surface area contributed by atoms with E-state index in [1.165, 1.54) is 0 Å². The molecular weight excluding hydrogens is 371 g/mol. The van der Waals surface area contributed by atoms with E-state index >= 15 is 0 Å². The molecule has 0 aromatic heterocycles. The molecule has 1 aliphatic rings. The van der Waals surface area contributed by atoms with E-state index in [1.54, 1.807) is 31.2 Å². The third-order valence-electron chi connectivity index (χ3n) is 5.20. The van der Waals surface area contributed by atoms with Gasteiger partial charge in [0.15, 0.2) is 0 Å². The van der Waals surface area contributed by atoms with Crippen LogP contribution in [-0.4, -0.2) is 18.2 Å². The normalized spacial score (nSPS) is 23.2. The molecule has 26 heavy (non-hydrogen) atoms. The van der Waals surface area contributed by atoms with Gasteiger partial charge in [-0.2, -0.15) is 0 Å². The molecule has 0 saturated carbocycles. The molecule has 0 radical (unpaired) electrons. The Hall–Kier alpha value is -2.04. The van der Waals surface area contributed by atoms with Crippen molar-refractivity contribution in [2.45, 2.75) is 31.1 Å². The Morgan fingerprint density at radius 2 is 1.92 bits per heavy atom. The molecule has 136 valence electrons. The summed E-state index contributed by atoms with van der Waals surface area (Å²) >= 11 is 12.2. The summed E-state index contributed by atoms with van der Waals surface area (Å²) in [4.78, 5) is 25.4. The molecule has 0 aliphatic carbocycles. The molecule has 6 heteroatoms. The SMILES string of the molecule is CC(=O)[C@]1(c2ccc(Cl)cc2N)CCNC(=O)C[C@H]1c1cccc(Cl)c1. The molecule has 1 amide bonds. The van der Waals surface area contributed by atoms with Crippen LogP contribution in [0.4, 0.5) is 5.69 Å². The number of nitrogens with one attached hydrogen (secondary N) is 1. The summed E-state index contributed by atoms with van der Waals surface area (Å²) < 4.78 is 0. The molecule has 1 fully saturated rings. The minimum Gasteiger partial charge on any atom is -0.398 e. The molecule has 1 heterocycles. The van der Waals surface area contributed by atoms with Crippen molar-refractivity contribution in [1.29, 1.82) is 0 Å². The van der Waals surface area contributed by atoms with E-state index in [1.807, 2.05) is 18.2 Å². The van der Waals surface area contributed by atoms with Gasteiger partial charge in [-0.25, -0.2) is 0 Å². The van der Waals surface area contributed by atoms with Gasteiger partial charge in [0.1, 0.15) is 5.78 Å². The van der Waals surface area contributed by atoms with Gasteiger partial charge in [-0.05, 0) is 48.7 Å². The Bertz CT molecular complexity index is 869. The van der Waals surface area contributed by atoms with E-state index in [4.69, 9.17) is 28.9 Å². The summed E-state index contributed by atoms with van der Waals surface area (Å²) in [5, 5.41) is 3.95. The lowest BCUT2D eigenvalue weighted by Crippen LogP contribution is -2.41. The molecule has 4 nitrogen and oxygen atoms in total. The zero-order chi connectivity index (χ0) is 18.9. The Labute approximate surface area is 162 Å². The van der Waals surface area contributed by atoms with E-state index in [2.05, 4.69) is 5.32 Å². The number of anilines is 1. The van der Waals surface area contributed by atoms with Crippen LogP contribution in [0.25, 0.3) is 0 Å². The van der Waals surface area contributed by atoms with E-state index in [-0.39, 0.29) is 24.0 Å². The van der Waals surface area contributed by atoms with Gasteiger partial charge >= 0.3 is 0 Å². The lowest BCUT2D eigenvalue weighted by atomic mass is 9.62. The van der Waals surface area contributed by atoms with Crippen molar-refractivity contribution in [1.82, 2.24) is 5.32 Å². The Balaban J connectivity index is 2.27. The zero-order valence-corrected chi connectivity index (χ0v) is 15.9. The minimum atomic E-state index is -0.932. The number of halogens is 2. The van der Waals surface area contributed by atoms with Crippen LogP contribution in [0.3, 0.4) is 0 Å². The number of hydrogen-bond donors (Lipinski definition) is 2. The predicted molar refractivity (Wildman–Crippen MR) is 105 cm³/mol. The van der Waals surface area contributed by atoms with E-state index in [0.717, 1.165) is 5.56 Å². The van der Waals surface area contributed by atoms with Crippen molar-refractivity contribution in [2.24, 2.45) is 0 Å². The molecule has 0 unspecified atom stereocenters. The Morgan fingerprint density at radius 1 is 1.19 bits per heavy atom. The van der Waals surface area contributed by atoms with Crippen molar-refractivity contribution < 1.29 is 9.59 Å². The summed E-state index contributed by atoms with van der Waals surface area (Å²) in [6.07, 6.45) is 0.638. The maximum absolute atomic E-state index is 13.0. The van der Waals surface area contributed by atoms with E-state index in [0.29, 0.717) is 34.3 Å². The number of hydrogen-bond acceptors (Lipinski definition) is 3. The van der Waals surface area contributed by atoms with Gasteiger partial charge < -0.3 is 11.1 Å². The van der Waals surface area contributed by atoms with Crippen molar-refractivity contribution in [3.8, 4) is 0 Å². The van der Waals surface area contributed by atoms with Gasteiger partial charge in [-0.3, -0.25) is 9.59 Å². The molecule has 2 atom stereocenters. The van der Waals surface area contributed by atoms with Crippen LogP contribution in [0.1, 0.15) is 36.8 Å².